The smallest absolute Gasteiger partial charge is 0.238 e. The van der Waals surface area contributed by atoms with Crippen LogP contribution in [0.1, 0.15) is 5.56 Å². The number of nitrogens with one attached hydrogen (secondary N) is 1. The van der Waals surface area contributed by atoms with Crippen molar-refractivity contribution in [3.05, 3.63) is 63.5 Å². The summed E-state index contributed by atoms with van der Waals surface area (Å²) in [6, 6.07) is 14.0. The second kappa shape index (κ2) is 7.51. The maximum Gasteiger partial charge on any atom is 0.238 e. The summed E-state index contributed by atoms with van der Waals surface area (Å²) in [5, 5.41) is 2.86. The van der Waals surface area contributed by atoms with Gasteiger partial charge in [0.15, 0.2) is 0 Å². The fraction of sp³-hybridized carbons (Fsp3) is 0.188. The van der Waals surface area contributed by atoms with Crippen LogP contribution in [0.4, 0.5) is 10.1 Å². The number of anilines is 1. The van der Waals surface area contributed by atoms with Crippen molar-refractivity contribution in [1.82, 2.24) is 4.90 Å². The molecule has 110 valence electrons. The Morgan fingerprint density at radius 1 is 1.24 bits per heavy atom. The van der Waals surface area contributed by atoms with E-state index in [9.17, 15) is 9.18 Å². The molecular weight excluding hydrogens is 382 g/mol. The molecule has 3 nitrogen and oxygen atoms in total. The third-order valence-electron chi connectivity index (χ3n) is 2.89. The summed E-state index contributed by atoms with van der Waals surface area (Å²) in [7, 11) is 1.86. The summed E-state index contributed by atoms with van der Waals surface area (Å²) in [5.74, 6) is -0.320. The molecule has 21 heavy (non-hydrogen) atoms. The molecule has 2 aromatic rings. The van der Waals surface area contributed by atoms with Crippen LogP contribution in [0.5, 0.6) is 0 Å². The van der Waals surface area contributed by atoms with E-state index in [1.165, 1.54) is 12.1 Å². The molecule has 0 saturated carbocycles. The molecule has 0 aliphatic rings. The molecule has 0 bridgehead atoms. The Hall–Kier alpha value is -1.47. The van der Waals surface area contributed by atoms with Gasteiger partial charge in [-0.15, -0.1) is 0 Å². The molecule has 0 aliphatic carbocycles. The molecule has 0 unspecified atom stereocenters. The quantitative estimate of drug-likeness (QED) is 0.783. The van der Waals surface area contributed by atoms with E-state index in [-0.39, 0.29) is 18.3 Å². The third-order valence-corrected chi connectivity index (χ3v) is 3.56. The van der Waals surface area contributed by atoms with Crippen molar-refractivity contribution in [2.75, 3.05) is 18.9 Å². The highest BCUT2D eigenvalue weighted by Gasteiger charge is 2.08. The SMILES string of the molecule is CN(CC(=O)Nc1cccc(I)c1)Cc1ccc(F)cc1. The lowest BCUT2D eigenvalue weighted by Gasteiger charge is -2.16. The number of likely N-dealkylation sites (N-methyl/N-ethyl adjacent to an activating group) is 1. The number of benzene rings is 2. The maximum atomic E-state index is 12.8. The second-order valence-electron chi connectivity index (χ2n) is 4.86. The summed E-state index contributed by atoms with van der Waals surface area (Å²) in [5.41, 5.74) is 1.77. The van der Waals surface area contributed by atoms with E-state index >= 15 is 0 Å². The Labute approximate surface area is 137 Å². The molecule has 0 heterocycles. The predicted molar refractivity (Wildman–Crippen MR) is 90.5 cm³/mol. The number of hydrogen-bond acceptors (Lipinski definition) is 2. The first-order chi connectivity index (χ1) is 10.0. The summed E-state index contributed by atoms with van der Waals surface area (Å²) in [4.78, 5) is 13.8. The lowest BCUT2D eigenvalue weighted by Crippen LogP contribution is -2.29. The summed E-state index contributed by atoms with van der Waals surface area (Å²) < 4.78 is 13.9. The minimum Gasteiger partial charge on any atom is -0.325 e. The fourth-order valence-corrected chi connectivity index (χ4v) is 2.51. The highest BCUT2D eigenvalue weighted by Crippen LogP contribution is 2.12. The molecular formula is C16H16FIN2O. The maximum absolute atomic E-state index is 12.8. The molecule has 5 heteroatoms. The average molecular weight is 398 g/mol. The Kier molecular flexibility index (Phi) is 5.69. The van der Waals surface area contributed by atoms with Gasteiger partial charge in [-0.1, -0.05) is 18.2 Å². The van der Waals surface area contributed by atoms with Crippen LogP contribution in [-0.4, -0.2) is 24.4 Å². The Bertz CT molecular complexity index is 616. The van der Waals surface area contributed by atoms with E-state index in [1.807, 2.05) is 36.2 Å². The predicted octanol–water partition coefficient (Wildman–Crippen LogP) is 3.50. The minimum atomic E-state index is -0.252. The van der Waals surface area contributed by atoms with E-state index in [1.54, 1.807) is 12.1 Å². The lowest BCUT2D eigenvalue weighted by atomic mass is 10.2. The van der Waals surface area contributed by atoms with Crippen LogP contribution in [-0.2, 0) is 11.3 Å². The Morgan fingerprint density at radius 2 is 1.95 bits per heavy atom. The number of nitrogens with zero attached hydrogens (tertiary/aromatic N) is 1. The molecule has 0 radical (unpaired) electrons. The van der Waals surface area contributed by atoms with Gasteiger partial charge in [-0.05, 0) is 65.5 Å². The van der Waals surface area contributed by atoms with Crippen LogP contribution in [0.3, 0.4) is 0 Å². The molecule has 2 rings (SSSR count). The largest absolute Gasteiger partial charge is 0.325 e. The van der Waals surface area contributed by atoms with Crippen LogP contribution in [0.15, 0.2) is 48.5 Å². The van der Waals surface area contributed by atoms with Crippen LogP contribution in [0.2, 0.25) is 0 Å². The number of carbonyl (C=O) groups is 1. The molecule has 0 spiro atoms. The Balaban J connectivity index is 1.86. The first-order valence-corrected chi connectivity index (χ1v) is 7.59. The van der Waals surface area contributed by atoms with Gasteiger partial charge in [-0.25, -0.2) is 4.39 Å². The van der Waals surface area contributed by atoms with E-state index < -0.39 is 0 Å². The van der Waals surface area contributed by atoms with Gasteiger partial charge in [0.05, 0.1) is 6.54 Å². The van der Waals surface area contributed by atoms with Crippen molar-refractivity contribution >= 4 is 34.2 Å². The highest BCUT2D eigenvalue weighted by atomic mass is 127. The summed E-state index contributed by atoms with van der Waals surface area (Å²) in [6.45, 7) is 0.878. The van der Waals surface area contributed by atoms with Crippen molar-refractivity contribution < 1.29 is 9.18 Å². The summed E-state index contributed by atoms with van der Waals surface area (Å²) >= 11 is 2.20. The Morgan fingerprint density at radius 3 is 2.62 bits per heavy atom. The monoisotopic (exact) mass is 398 g/mol. The number of amides is 1. The number of carbonyl (C=O) groups excluding carboxylic acids is 1. The van der Waals surface area contributed by atoms with Crippen LogP contribution in [0, 0.1) is 9.39 Å². The van der Waals surface area contributed by atoms with Gasteiger partial charge in [0.25, 0.3) is 0 Å². The zero-order chi connectivity index (χ0) is 15.2. The van der Waals surface area contributed by atoms with Crippen molar-refractivity contribution in [1.29, 1.82) is 0 Å². The van der Waals surface area contributed by atoms with E-state index in [4.69, 9.17) is 0 Å². The molecule has 0 fully saturated rings. The highest BCUT2D eigenvalue weighted by molar-refractivity contribution is 14.1. The molecule has 0 aliphatic heterocycles. The number of rotatable bonds is 5. The lowest BCUT2D eigenvalue weighted by molar-refractivity contribution is -0.117. The van der Waals surface area contributed by atoms with Crippen LogP contribution >= 0.6 is 22.6 Å². The first-order valence-electron chi connectivity index (χ1n) is 6.51. The normalized spacial score (nSPS) is 10.7. The van der Waals surface area contributed by atoms with Crippen molar-refractivity contribution in [2.24, 2.45) is 0 Å². The van der Waals surface area contributed by atoms with Crippen molar-refractivity contribution in [3.63, 3.8) is 0 Å². The number of hydrogen-bond donors (Lipinski definition) is 1. The molecule has 0 saturated heterocycles. The molecule has 1 N–H and O–H groups in total. The molecule has 0 aromatic heterocycles. The van der Waals surface area contributed by atoms with Gasteiger partial charge in [0.1, 0.15) is 5.82 Å². The van der Waals surface area contributed by atoms with E-state index in [0.29, 0.717) is 6.54 Å². The third kappa shape index (κ3) is 5.43. The molecule has 0 atom stereocenters. The van der Waals surface area contributed by atoms with Gasteiger partial charge in [-0.3, -0.25) is 9.69 Å². The van der Waals surface area contributed by atoms with Crippen molar-refractivity contribution in [2.45, 2.75) is 6.54 Å². The van der Waals surface area contributed by atoms with E-state index in [0.717, 1.165) is 14.8 Å². The molecule has 2 aromatic carbocycles. The number of halogens is 2. The van der Waals surface area contributed by atoms with E-state index in [2.05, 4.69) is 27.9 Å². The van der Waals surface area contributed by atoms with Crippen molar-refractivity contribution in [3.8, 4) is 0 Å². The minimum absolute atomic E-state index is 0.0680. The second-order valence-corrected chi connectivity index (χ2v) is 6.10. The van der Waals surface area contributed by atoms with Gasteiger partial charge < -0.3 is 5.32 Å². The zero-order valence-corrected chi connectivity index (χ0v) is 13.8. The first kappa shape index (κ1) is 15.9. The van der Waals surface area contributed by atoms with Gasteiger partial charge in [-0.2, -0.15) is 0 Å². The van der Waals surface area contributed by atoms with Gasteiger partial charge >= 0.3 is 0 Å². The van der Waals surface area contributed by atoms with Gasteiger partial charge in [0.2, 0.25) is 5.91 Å². The average Bonchev–Trinajstić information content (AvgIpc) is 2.41. The molecule has 1 amide bonds. The standard InChI is InChI=1S/C16H16FIN2O/c1-20(10-12-5-7-13(17)8-6-12)11-16(21)19-15-4-2-3-14(18)9-15/h2-9H,10-11H2,1H3,(H,19,21). The van der Waals surface area contributed by atoms with Gasteiger partial charge in [0, 0.05) is 15.8 Å². The zero-order valence-electron chi connectivity index (χ0n) is 11.6. The topological polar surface area (TPSA) is 32.3 Å². The summed E-state index contributed by atoms with van der Waals surface area (Å²) in [6.07, 6.45) is 0. The van der Waals surface area contributed by atoms with Crippen LogP contribution < -0.4 is 5.32 Å². The van der Waals surface area contributed by atoms with Crippen LogP contribution in [0.25, 0.3) is 0 Å². The fourth-order valence-electron chi connectivity index (χ4n) is 1.97.